The predicted octanol–water partition coefficient (Wildman–Crippen LogP) is 3.52. The lowest BCUT2D eigenvalue weighted by Gasteiger charge is -2.09. The molecule has 0 aliphatic heterocycles. The molecule has 0 bridgehead atoms. The van der Waals surface area contributed by atoms with Crippen molar-refractivity contribution in [1.29, 1.82) is 0 Å². The SMILES string of the molecule is Cc1ccccc1COc1nncc2ccccc12. The third-order valence-electron chi connectivity index (χ3n) is 3.16. The summed E-state index contributed by atoms with van der Waals surface area (Å²) < 4.78 is 5.81. The molecule has 3 aromatic rings. The minimum absolute atomic E-state index is 0.509. The van der Waals surface area contributed by atoms with Crippen molar-refractivity contribution in [3.63, 3.8) is 0 Å². The molecule has 0 spiro atoms. The number of hydrogen-bond acceptors (Lipinski definition) is 3. The van der Waals surface area contributed by atoms with Gasteiger partial charge in [0.2, 0.25) is 5.88 Å². The first-order valence-electron chi connectivity index (χ1n) is 6.22. The fourth-order valence-corrected chi connectivity index (χ4v) is 2.03. The van der Waals surface area contributed by atoms with E-state index < -0.39 is 0 Å². The summed E-state index contributed by atoms with van der Waals surface area (Å²) in [5.74, 6) is 0.585. The van der Waals surface area contributed by atoms with Gasteiger partial charge in [0.05, 0.1) is 6.20 Å². The predicted molar refractivity (Wildman–Crippen MR) is 75.0 cm³/mol. The summed E-state index contributed by atoms with van der Waals surface area (Å²) in [6, 6.07) is 16.1. The maximum atomic E-state index is 5.81. The summed E-state index contributed by atoms with van der Waals surface area (Å²) in [7, 11) is 0. The van der Waals surface area contributed by atoms with E-state index in [-0.39, 0.29) is 0 Å². The van der Waals surface area contributed by atoms with Gasteiger partial charge in [-0.15, -0.1) is 5.10 Å². The molecule has 0 saturated carbocycles. The molecule has 3 nitrogen and oxygen atoms in total. The van der Waals surface area contributed by atoms with E-state index in [0.29, 0.717) is 12.5 Å². The molecule has 19 heavy (non-hydrogen) atoms. The number of aromatic nitrogens is 2. The zero-order valence-corrected chi connectivity index (χ0v) is 10.7. The standard InChI is InChI=1S/C16H14N2O/c1-12-6-2-3-8-14(12)11-19-16-15-9-5-4-7-13(15)10-17-18-16/h2-10H,11H2,1H3. The van der Waals surface area contributed by atoms with Gasteiger partial charge in [-0.05, 0) is 24.1 Å². The molecular formula is C16H14N2O. The average Bonchev–Trinajstić information content (AvgIpc) is 2.46. The van der Waals surface area contributed by atoms with Crippen molar-refractivity contribution in [3.8, 4) is 5.88 Å². The maximum Gasteiger partial charge on any atom is 0.241 e. The summed E-state index contributed by atoms with van der Waals surface area (Å²) in [6.07, 6.45) is 1.75. The molecule has 0 aliphatic rings. The van der Waals surface area contributed by atoms with Gasteiger partial charge in [0.15, 0.2) is 0 Å². The molecule has 3 rings (SSSR count). The summed E-state index contributed by atoms with van der Waals surface area (Å²) >= 11 is 0. The lowest BCUT2D eigenvalue weighted by Crippen LogP contribution is -2.00. The monoisotopic (exact) mass is 250 g/mol. The second-order valence-corrected chi connectivity index (χ2v) is 4.45. The average molecular weight is 250 g/mol. The zero-order chi connectivity index (χ0) is 13.1. The van der Waals surface area contributed by atoms with Crippen molar-refractivity contribution in [2.75, 3.05) is 0 Å². The van der Waals surface area contributed by atoms with E-state index in [1.54, 1.807) is 6.20 Å². The van der Waals surface area contributed by atoms with Crippen LogP contribution in [-0.2, 0) is 6.61 Å². The van der Waals surface area contributed by atoms with Gasteiger partial charge in [0, 0.05) is 10.8 Å². The van der Waals surface area contributed by atoms with E-state index in [0.717, 1.165) is 16.3 Å². The molecule has 1 aromatic heterocycles. The second-order valence-electron chi connectivity index (χ2n) is 4.45. The molecule has 94 valence electrons. The van der Waals surface area contributed by atoms with Crippen LogP contribution < -0.4 is 4.74 Å². The Morgan fingerprint density at radius 1 is 1.00 bits per heavy atom. The fourth-order valence-electron chi connectivity index (χ4n) is 2.03. The third kappa shape index (κ3) is 2.40. The van der Waals surface area contributed by atoms with Gasteiger partial charge in [0.25, 0.3) is 0 Å². The van der Waals surface area contributed by atoms with Gasteiger partial charge >= 0.3 is 0 Å². The van der Waals surface area contributed by atoms with Gasteiger partial charge in [-0.25, -0.2) is 0 Å². The van der Waals surface area contributed by atoms with Crippen LogP contribution in [0.2, 0.25) is 0 Å². The van der Waals surface area contributed by atoms with Crippen molar-refractivity contribution in [3.05, 3.63) is 65.9 Å². The van der Waals surface area contributed by atoms with Gasteiger partial charge in [0.1, 0.15) is 6.61 Å². The van der Waals surface area contributed by atoms with E-state index in [2.05, 4.69) is 29.3 Å². The summed E-state index contributed by atoms with van der Waals surface area (Å²) in [5.41, 5.74) is 2.38. The zero-order valence-electron chi connectivity index (χ0n) is 10.7. The van der Waals surface area contributed by atoms with Crippen LogP contribution in [-0.4, -0.2) is 10.2 Å². The second kappa shape index (κ2) is 5.06. The Bertz CT molecular complexity index is 704. The fraction of sp³-hybridized carbons (Fsp3) is 0.125. The van der Waals surface area contributed by atoms with E-state index in [1.807, 2.05) is 36.4 Å². The maximum absolute atomic E-state index is 5.81. The van der Waals surface area contributed by atoms with Crippen LogP contribution >= 0.6 is 0 Å². The Kier molecular flexibility index (Phi) is 3.11. The van der Waals surface area contributed by atoms with Crippen LogP contribution in [0.1, 0.15) is 11.1 Å². The lowest BCUT2D eigenvalue weighted by atomic mass is 10.1. The van der Waals surface area contributed by atoms with Crippen LogP contribution in [0.25, 0.3) is 10.8 Å². The topological polar surface area (TPSA) is 35.0 Å². The Morgan fingerprint density at radius 2 is 1.79 bits per heavy atom. The first-order chi connectivity index (χ1) is 9.34. The molecular weight excluding hydrogens is 236 g/mol. The smallest absolute Gasteiger partial charge is 0.241 e. The Balaban J connectivity index is 1.88. The minimum atomic E-state index is 0.509. The summed E-state index contributed by atoms with van der Waals surface area (Å²) in [6.45, 7) is 2.59. The molecule has 2 aromatic carbocycles. The van der Waals surface area contributed by atoms with Crippen molar-refractivity contribution in [1.82, 2.24) is 10.2 Å². The summed E-state index contributed by atoms with van der Waals surface area (Å²) in [4.78, 5) is 0. The Hall–Kier alpha value is -2.42. The van der Waals surface area contributed by atoms with E-state index in [4.69, 9.17) is 4.74 Å². The first-order valence-corrected chi connectivity index (χ1v) is 6.22. The number of hydrogen-bond donors (Lipinski definition) is 0. The van der Waals surface area contributed by atoms with Gasteiger partial charge < -0.3 is 4.74 Å². The molecule has 0 amide bonds. The normalized spacial score (nSPS) is 10.6. The Morgan fingerprint density at radius 3 is 2.68 bits per heavy atom. The van der Waals surface area contributed by atoms with Gasteiger partial charge in [-0.2, -0.15) is 5.10 Å². The molecule has 1 heterocycles. The molecule has 3 heteroatoms. The lowest BCUT2D eigenvalue weighted by molar-refractivity contribution is 0.294. The molecule has 0 fully saturated rings. The van der Waals surface area contributed by atoms with Crippen LogP contribution in [0, 0.1) is 6.92 Å². The van der Waals surface area contributed by atoms with E-state index >= 15 is 0 Å². The van der Waals surface area contributed by atoms with Crippen molar-refractivity contribution in [2.45, 2.75) is 13.5 Å². The molecule has 0 aliphatic carbocycles. The van der Waals surface area contributed by atoms with E-state index in [1.165, 1.54) is 5.56 Å². The number of rotatable bonds is 3. The quantitative estimate of drug-likeness (QED) is 0.713. The van der Waals surface area contributed by atoms with Gasteiger partial charge in [-0.1, -0.05) is 42.5 Å². The summed E-state index contributed by atoms with van der Waals surface area (Å²) in [5, 5.41) is 10.1. The van der Waals surface area contributed by atoms with Crippen LogP contribution in [0.5, 0.6) is 5.88 Å². The Labute approximate surface area is 111 Å². The first kappa shape index (κ1) is 11.7. The minimum Gasteiger partial charge on any atom is -0.471 e. The number of fused-ring (bicyclic) bond motifs is 1. The number of nitrogens with zero attached hydrogens (tertiary/aromatic N) is 2. The third-order valence-corrected chi connectivity index (χ3v) is 3.16. The number of ether oxygens (including phenoxy) is 1. The molecule has 0 unspecified atom stereocenters. The molecule has 0 atom stereocenters. The van der Waals surface area contributed by atoms with Crippen LogP contribution in [0.3, 0.4) is 0 Å². The molecule has 0 saturated heterocycles. The van der Waals surface area contributed by atoms with Crippen molar-refractivity contribution in [2.24, 2.45) is 0 Å². The van der Waals surface area contributed by atoms with Crippen LogP contribution in [0.4, 0.5) is 0 Å². The van der Waals surface area contributed by atoms with Crippen molar-refractivity contribution < 1.29 is 4.74 Å². The molecule has 0 N–H and O–H groups in total. The number of aryl methyl sites for hydroxylation is 1. The highest BCUT2D eigenvalue weighted by Crippen LogP contribution is 2.22. The van der Waals surface area contributed by atoms with E-state index in [9.17, 15) is 0 Å². The number of benzene rings is 2. The largest absolute Gasteiger partial charge is 0.471 e. The van der Waals surface area contributed by atoms with Gasteiger partial charge in [-0.3, -0.25) is 0 Å². The highest BCUT2D eigenvalue weighted by molar-refractivity contribution is 5.85. The highest BCUT2D eigenvalue weighted by atomic mass is 16.5. The highest BCUT2D eigenvalue weighted by Gasteiger charge is 2.05. The molecule has 0 radical (unpaired) electrons. The van der Waals surface area contributed by atoms with Crippen LogP contribution in [0.15, 0.2) is 54.7 Å². The van der Waals surface area contributed by atoms with Crippen molar-refractivity contribution >= 4 is 10.8 Å².